The fourth-order valence-electron chi connectivity index (χ4n) is 1.71. The summed E-state index contributed by atoms with van der Waals surface area (Å²) < 4.78 is 13.5. The highest BCUT2D eigenvalue weighted by Crippen LogP contribution is 2.14. The van der Waals surface area contributed by atoms with Gasteiger partial charge in [-0.05, 0) is 30.2 Å². The summed E-state index contributed by atoms with van der Waals surface area (Å²) in [5.74, 6) is -0.219. The lowest BCUT2D eigenvalue weighted by Gasteiger charge is -2.00. The summed E-state index contributed by atoms with van der Waals surface area (Å²) in [7, 11) is 0. The first-order valence-electron chi connectivity index (χ1n) is 5.83. The summed E-state index contributed by atoms with van der Waals surface area (Å²) in [4.78, 5) is 0. The predicted octanol–water partition coefficient (Wildman–Crippen LogP) is 3.80. The third-order valence-electron chi connectivity index (χ3n) is 2.77. The van der Waals surface area contributed by atoms with Crippen LogP contribution in [0.4, 0.5) is 4.39 Å². The van der Waals surface area contributed by atoms with Crippen molar-refractivity contribution < 1.29 is 9.50 Å². The van der Waals surface area contributed by atoms with Gasteiger partial charge in [0.15, 0.2) is 0 Å². The molecule has 0 fully saturated rings. The third-order valence-corrected chi connectivity index (χ3v) is 2.77. The van der Waals surface area contributed by atoms with Gasteiger partial charge in [-0.15, -0.1) is 0 Å². The van der Waals surface area contributed by atoms with Gasteiger partial charge in [0.1, 0.15) is 5.82 Å². The molecule has 0 aliphatic rings. The minimum atomic E-state index is -0.219. The molecule has 0 radical (unpaired) electrons. The van der Waals surface area contributed by atoms with Crippen molar-refractivity contribution in [3.05, 3.63) is 70.5 Å². The molecule has 1 nitrogen and oxygen atoms in total. The normalized spacial score (nSPS) is 11.1. The van der Waals surface area contributed by atoms with Crippen LogP contribution in [0.15, 0.2) is 42.5 Å². The van der Waals surface area contributed by atoms with Crippen molar-refractivity contribution >= 4 is 12.2 Å². The van der Waals surface area contributed by atoms with E-state index < -0.39 is 0 Å². The van der Waals surface area contributed by atoms with E-state index in [2.05, 4.69) is 0 Å². The minimum absolute atomic E-state index is 0.0382. The van der Waals surface area contributed by atoms with Crippen LogP contribution in [-0.4, -0.2) is 5.11 Å². The Bertz CT molecular complexity index is 556. The van der Waals surface area contributed by atoms with Crippen LogP contribution in [0.1, 0.15) is 22.3 Å². The molecule has 0 unspecified atom stereocenters. The Labute approximate surface area is 106 Å². The fourth-order valence-corrected chi connectivity index (χ4v) is 1.71. The van der Waals surface area contributed by atoms with Crippen molar-refractivity contribution in [3.63, 3.8) is 0 Å². The molecular formula is C16H15FO. The number of benzene rings is 2. The molecule has 18 heavy (non-hydrogen) atoms. The average molecular weight is 242 g/mol. The zero-order valence-corrected chi connectivity index (χ0v) is 10.2. The summed E-state index contributed by atoms with van der Waals surface area (Å²) in [5.41, 5.74) is 3.47. The monoisotopic (exact) mass is 242 g/mol. The maximum absolute atomic E-state index is 13.5. The SMILES string of the molecule is Cc1ccc(F)c(/C=C/c2ccc(CO)cc2)c1. The van der Waals surface area contributed by atoms with E-state index in [1.54, 1.807) is 12.1 Å². The fraction of sp³-hybridized carbons (Fsp3) is 0.125. The van der Waals surface area contributed by atoms with E-state index in [-0.39, 0.29) is 12.4 Å². The number of hydrogen-bond acceptors (Lipinski definition) is 1. The quantitative estimate of drug-likeness (QED) is 0.812. The Balaban J connectivity index is 2.21. The maximum atomic E-state index is 13.5. The van der Waals surface area contributed by atoms with Gasteiger partial charge in [-0.3, -0.25) is 0 Å². The van der Waals surface area contributed by atoms with Gasteiger partial charge < -0.3 is 5.11 Å². The number of halogens is 1. The molecular weight excluding hydrogens is 227 g/mol. The van der Waals surface area contributed by atoms with Crippen LogP contribution < -0.4 is 0 Å². The van der Waals surface area contributed by atoms with Crippen LogP contribution in [-0.2, 0) is 6.61 Å². The Morgan fingerprint density at radius 3 is 2.44 bits per heavy atom. The summed E-state index contributed by atoms with van der Waals surface area (Å²) >= 11 is 0. The zero-order valence-electron chi connectivity index (χ0n) is 10.2. The number of aliphatic hydroxyl groups excluding tert-OH is 1. The molecule has 0 spiro atoms. The van der Waals surface area contributed by atoms with Crippen LogP contribution in [0.5, 0.6) is 0 Å². The van der Waals surface area contributed by atoms with Crippen LogP contribution in [0.2, 0.25) is 0 Å². The maximum Gasteiger partial charge on any atom is 0.130 e. The summed E-state index contributed by atoms with van der Waals surface area (Å²) in [6.45, 7) is 1.98. The lowest BCUT2D eigenvalue weighted by Crippen LogP contribution is -1.84. The van der Waals surface area contributed by atoms with Gasteiger partial charge in [0.2, 0.25) is 0 Å². The highest BCUT2D eigenvalue weighted by atomic mass is 19.1. The Morgan fingerprint density at radius 1 is 1.06 bits per heavy atom. The minimum Gasteiger partial charge on any atom is -0.392 e. The van der Waals surface area contributed by atoms with Crippen LogP contribution in [0.3, 0.4) is 0 Å². The Morgan fingerprint density at radius 2 is 1.78 bits per heavy atom. The summed E-state index contributed by atoms with van der Waals surface area (Å²) in [5, 5.41) is 8.94. The van der Waals surface area contributed by atoms with E-state index in [1.165, 1.54) is 6.07 Å². The van der Waals surface area contributed by atoms with Gasteiger partial charge in [-0.1, -0.05) is 48.0 Å². The zero-order chi connectivity index (χ0) is 13.0. The van der Waals surface area contributed by atoms with E-state index in [0.717, 1.165) is 16.7 Å². The molecule has 0 saturated heterocycles. The highest BCUT2D eigenvalue weighted by Gasteiger charge is 1.98. The molecule has 92 valence electrons. The molecule has 2 heteroatoms. The lowest BCUT2D eigenvalue weighted by molar-refractivity contribution is 0.282. The van der Waals surface area contributed by atoms with Crippen LogP contribution in [0, 0.1) is 12.7 Å². The largest absolute Gasteiger partial charge is 0.392 e. The van der Waals surface area contributed by atoms with Gasteiger partial charge in [-0.25, -0.2) is 4.39 Å². The van der Waals surface area contributed by atoms with E-state index in [1.807, 2.05) is 43.3 Å². The summed E-state index contributed by atoms with van der Waals surface area (Å²) in [6.07, 6.45) is 3.62. The Kier molecular flexibility index (Phi) is 3.90. The smallest absolute Gasteiger partial charge is 0.130 e. The second-order valence-corrected chi connectivity index (χ2v) is 4.26. The van der Waals surface area contributed by atoms with Gasteiger partial charge in [0.25, 0.3) is 0 Å². The molecule has 0 aliphatic carbocycles. The number of aryl methyl sites for hydroxylation is 1. The van der Waals surface area contributed by atoms with Gasteiger partial charge in [0, 0.05) is 5.56 Å². The highest BCUT2D eigenvalue weighted by molar-refractivity contribution is 5.70. The van der Waals surface area contributed by atoms with Crippen molar-refractivity contribution in [1.29, 1.82) is 0 Å². The van der Waals surface area contributed by atoms with Gasteiger partial charge >= 0.3 is 0 Å². The molecule has 0 heterocycles. The van der Waals surface area contributed by atoms with Crippen molar-refractivity contribution in [2.45, 2.75) is 13.5 Å². The van der Waals surface area contributed by atoms with E-state index in [0.29, 0.717) is 5.56 Å². The molecule has 0 aromatic heterocycles. The average Bonchev–Trinajstić information content (AvgIpc) is 2.40. The predicted molar refractivity (Wildman–Crippen MR) is 72.4 cm³/mol. The van der Waals surface area contributed by atoms with Crippen molar-refractivity contribution in [1.82, 2.24) is 0 Å². The first-order valence-corrected chi connectivity index (χ1v) is 5.83. The van der Waals surface area contributed by atoms with E-state index in [9.17, 15) is 4.39 Å². The van der Waals surface area contributed by atoms with E-state index in [4.69, 9.17) is 5.11 Å². The van der Waals surface area contributed by atoms with E-state index >= 15 is 0 Å². The first-order chi connectivity index (χ1) is 8.69. The number of hydrogen-bond donors (Lipinski definition) is 1. The van der Waals surface area contributed by atoms with Crippen LogP contribution >= 0.6 is 0 Å². The second kappa shape index (κ2) is 5.61. The topological polar surface area (TPSA) is 20.2 Å². The molecule has 2 aromatic rings. The molecule has 0 bridgehead atoms. The summed E-state index contributed by atoms with van der Waals surface area (Å²) in [6, 6.07) is 12.5. The van der Waals surface area contributed by atoms with Crippen molar-refractivity contribution in [3.8, 4) is 0 Å². The lowest BCUT2D eigenvalue weighted by atomic mass is 10.1. The van der Waals surface area contributed by atoms with Crippen molar-refractivity contribution in [2.75, 3.05) is 0 Å². The molecule has 0 atom stereocenters. The van der Waals surface area contributed by atoms with Gasteiger partial charge in [0.05, 0.1) is 6.61 Å². The van der Waals surface area contributed by atoms with Crippen molar-refractivity contribution in [2.24, 2.45) is 0 Å². The first kappa shape index (κ1) is 12.5. The molecule has 0 amide bonds. The Hall–Kier alpha value is -1.93. The second-order valence-electron chi connectivity index (χ2n) is 4.26. The molecule has 2 aromatic carbocycles. The van der Waals surface area contributed by atoms with Crippen LogP contribution in [0.25, 0.3) is 12.2 Å². The number of rotatable bonds is 3. The third kappa shape index (κ3) is 3.05. The molecule has 0 aliphatic heterocycles. The number of aliphatic hydroxyl groups is 1. The standard InChI is InChI=1S/C16H15FO/c1-12-2-9-16(17)15(10-12)8-7-13-3-5-14(11-18)6-4-13/h2-10,18H,11H2,1H3/b8-7+. The molecule has 0 saturated carbocycles. The molecule has 2 rings (SSSR count). The molecule has 1 N–H and O–H groups in total. The van der Waals surface area contributed by atoms with Gasteiger partial charge in [-0.2, -0.15) is 0 Å².